The number of benzene rings is 1. The van der Waals surface area contributed by atoms with Gasteiger partial charge in [-0.2, -0.15) is 4.31 Å². The number of rotatable bonds is 4. The summed E-state index contributed by atoms with van der Waals surface area (Å²) in [7, 11) is -3.75. The number of carboxylic acids is 1. The molecule has 0 aromatic heterocycles. The minimum Gasteiger partial charge on any atom is -0.478 e. The lowest BCUT2D eigenvalue weighted by Crippen LogP contribution is -2.29. The Morgan fingerprint density at radius 2 is 2.20 bits per heavy atom. The molecule has 1 aromatic rings. The Kier molecular flexibility index (Phi) is 4.10. The van der Waals surface area contributed by atoms with E-state index in [1.807, 2.05) is 6.92 Å². The maximum atomic E-state index is 13.3. The SMILES string of the molecule is CCC1CCN(S(=O)(=O)c2ccc(F)c(C(=O)O)c2)C1. The largest absolute Gasteiger partial charge is 0.478 e. The molecular weight excluding hydrogens is 285 g/mol. The number of aromatic carboxylic acids is 1. The third kappa shape index (κ3) is 2.69. The standard InChI is InChI=1S/C13H16FNO4S/c1-2-9-5-6-15(8-9)20(18,19)10-3-4-12(14)11(7-10)13(16)17/h3-4,7,9H,2,5-6,8H2,1H3,(H,16,17). The second-order valence-electron chi connectivity index (χ2n) is 4.87. The van der Waals surface area contributed by atoms with Gasteiger partial charge in [0.25, 0.3) is 0 Å². The van der Waals surface area contributed by atoms with Crippen LogP contribution in [0.15, 0.2) is 23.1 Å². The first kappa shape index (κ1) is 14.9. The van der Waals surface area contributed by atoms with E-state index in [1.54, 1.807) is 0 Å². The molecule has 1 aliphatic rings. The van der Waals surface area contributed by atoms with Crippen molar-refractivity contribution >= 4 is 16.0 Å². The van der Waals surface area contributed by atoms with Crippen LogP contribution in [0.4, 0.5) is 4.39 Å². The summed E-state index contributed by atoms with van der Waals surface area (Å²) < 4.78 is 39.4. The normalized spacial score (nSPS) is 20.2. The van der Waals surface area contributed by atoms with Crippen LogP contribution in [0.1, 0.15) is 30.1 Å². The summed E-state index contributed by atoms with van der Waals surface area (Å²) >= 11 is 0. The topological polar surface area (TPSA) is 74.7 Å². The average molecular weight is 301 g/mol. The fraction of sp³-hybridized carbons (Fsp3) is 0.462. The molecule has 1 aliphatic heterocycles. The molecule has 0 aliphatic carbocycles. The highest BCUT2D eigenvalue weighted by atomic mass is 32.2. The van der Waals surface area contributed by atoms with Crippen molar-refractivity contribution in [1.29, 1.82) is 0 Å². The minimum atomic E-state index is -3.75. The molecule has 2 rings (SSSR count). The summed E-state index contributed by atoms with van der Waals surface area (Å²) in [5.41, 5.74) is -0.627. The van der Waals surface area contributed by atoms with Crippen molar-refractivity contribution in [1.82, 2.24) is 4.31 Å². The lowest BCUT2D eigenvalue weighted by Gasteiger charge is -2.16. The van der Waals surface area contributed by atoms with Crippen molar-refractivity contribution < 1.29 is 22.7 Å². The molecule has 20 heavy (non-hydrogen) atoms. The second kappa shape index (κ2) is 5.49. The van der Waals surface area contributed by atoms with Gasteiger partial charge in [-0.25, -0.2) is 17.6 Å². The van der Waals surface area contributed by atoms with Crippen LogP contribution in [-0.4, -0.2) is 36.9 Å². The molecule has 1 N–H and O–H groups in total. The summed E-state index contributed by atoms with van der Waals surface area (Å²) in [6.45, 7) is 2.85. The zero-order chi connectivity index (χ0) is 14.9. The maximum Gasteiger partial charge on any atom is 0.338 e. The van der Waals surface area contributed by atoms with Crippen LogP contribution in [0.3, 0.4) is 0 Å². The van der Waals surface area contributed by atoms with Crippen LogP contribution in [0.25, 0.3) is 0 Å². The summed E-state index contributed by atoms with van der Waals surface area (Å²) in [6, 6.07) is 2.87. The minimum absolute atomic E-state index is 0.173. The lowest BCUT2D eigenvalue weighted by atomic mass is 10.1. The van der Waals surface area contributed by atoms with E-state index < -0.39 is 27.4 Å². The van der Waals surface area contributed by atoms with Gasteiger partial charge in [-0.1, -0.05) is 13.3 Å². The molecule has 0 bridgehead atoms. The molecule has 1 unspecified atom stereocenters. The lowest BCUT2D eigenvalue weighted by molar-refractivity contribution is 0.0691. The average Bonchev–Trinajstić information content (AvgIpc) is 2.88. The van der Waals surface area contributed by atoms with E-state index in [4.69, 9.17) is 5.11 Å². The van der Waals surface area contributed by atoms with Gasteiger partial charge >= 0.3 is 5.97 Å². The van der Waals surface area contributed by atoms with Crippen LogP contribution >= 0.6 is 0 Å². The first-order valence-electron chi connectivity index (χ1n) is 6.39. The quantitative estimate of drug-likeness (QED) is 0.922. The van der Waals surface area contributed by atoms with Gasteiger partial charge in [0.05, 0.1) is 10.5 Å². The van der Waals surface area contributed by atoms with Crippen LogP contribution in [-0.2, 0) is 10.0 Å². The van der Waals surface area contributed by atoms with Crippen molar-refractivity contribution in [3.63, 3.8) is 0 Å². The Labute approximate surface area is 117 Å². The predicted molar refractivity (Wildman–Crippen MR) is 70.5 cm³/mol. The van der Waals surface area contributed by atoms with Gasteiger partial charge in [0.15, 0.2) is 0 Å². The predicted octanol–water partition coefficient (Wildman–Crippen LogP) is 1.94. The fourth-order valence-electron chi connectivity index (χ4n) is 2.33. The number of carbonyl (C=O) groups is 1. The number of nitrogens with zero attached hydrogens (tertiary/aromatic N) is 1. The zero-order valence-electron chi connectivity index (χ0n) is 11.0. The smallest absolute Gasteiger partial charge is 0.338 e. The number of hydrogen-bond acceptors (Lipinski definition) is 3. The highest BCUT2D eigenvalue weighted by molar-refractivity contribution is 7.89. The van der Waals surface area contributed by atoms with Crippen LogP contribution < -0.4 is 0 Å². The van der Waals surface area contributed by atoms with Gasteiger partial charge in [0.2, 0.25) is 10.0 Å². The van der Waals surface area contributed by atoms with E-state index >= 15 is 0 Å². The molecule has 5 nitrogen and oxygen atoms in total. The Bertz CT molecular complexity index is 629. The van der Waals surface area contributed by atoms with Gasteiger partial charge in [-0.05, 0) is 30.5 Å². The molecule has 7 heteroatoms. The summed E-state index contributed by atoms with van der Waals surface area (Å²) in [4.78, 5) is 10.7. The molecular formula is C13H16FNO4S. The summed E-state index contributed by atoms with van der Waals surface area (Å²) in [5.74, 6) is -2.10. The highest BCUT2D eigenvalue weighted by Gasteiger charge is 2.32. The third-order valence-corrected chi connectivity index (χ3v) is 5.49. The molecule has 110 valence electrons. The van der Waals surface area contributed by atoms with Crippen molar-refractivity contribution in [3.8, 4) is 0 Å². The van der Waals surface area contributed by atoms with E-state index in [0.717, 1.165) is 31.0 Å². The number of sulfonamides is 1. The van der Waals surface area contributed by atoms with Crippen molar-refractivity contribution in [2.45, 2.75) is 24.7 Å². The highest BCUT2D eigenvalue weighted by Crippen LogP contribution is 2.26. The molecule has 0 radical (unpaired) electrons. The zero-order valence-corrected chi connectivity index (χ0v) is 11.9. The van der Waals surface area contributed by atoms with Gasteiger partial charge in [-0.15, -0.1) is 0 Å². The number of halogens is 1. The van der Waals surface area contributed by atoms with Crippen LogP contribution in [0.2, 0.25) is 0 Å². The van der Waals surface area contributed by atoms with Crippen LogP contribution in [0.5, 0.6) is 0 Å². The van der Waals surface area contributed by atoms with E-state index in [0.29, 0.717) is 19.0 Å². The maximum absolute atomic E-state index is 13.3. The Morgan fingerprint density at radius 1 is 1.50 bits per heavy atom. The third-order valence-electron chi connectivity index (χ3n) is 3.63. The molecule has 1 saturated heterocycles. The van der Waals surface area contributed by atoms with E-state index in [1.165, 1.54) is 4.31 Å². The molecule has 0 spiro atoms. The van der Waals surface area contributed by atoms with E-state index in [9.17, 15) is 17.6 Å². The van der Waals surface area contributed by atoms with Crippen LogP contribution in [0, 0.1) is 11.7 Å². The van der Waals surface area contributed by atoms with E-state index in [2.05, 4.69) is 0 Å². The molecule has 1 aromatic carbocycles. The number of carboxylic acid groups (broad SMARTS) is 1. The fourth-order valence-corrected chi connectivity index (χ4v) is 3.88. The Morgan fingerprint density at radius 3 is 2.75 bits per heavy atom. The van der Waals surface area contributed by atoms with Gasteiger partial charge in [0.1, 0.15) is 5.82 Å². The molecule has 1 atom stereocenters. The molecule has 0 amide bonds. The number of hydrogen-bond donors (Lipinski definition) is 1. The van der Waals surface area contributed by atoms with Crippen molar-refractivity contribution in [2.24, 2.45) is 5.92 Å². The first-order valence-corrected chi connectivity index (χ1v) is 7.83. The first-order chi connectivity index (χ1) is 9.36. The van der Waals surface area contributed by atoms with Gasteiger partial charge in [0, 0.05) is 13.1 Å². The molecule has 0 saturated carbocycles. The Hall–Kier alpha value is -1.47. The molecule has 1 fully saturated rings. The van der Waals surface area contributed by atoms with Crippen molar-refractivity contribution in [2.75, 3.05) is 13.1 Å². The van der Waals surface area contributed by atoms with E-state index in [-0.39, 0.29) is 4.90 Å². The van der Waals surface area contributed by atoms with Gasteiger partial charge in [-0.3, -0.25) is 0 Å². The summed E-state index contributed by atoms with van der Waals surface area (Å²) in [5, 5.41) is 8.85. The molecule has 1 heterocycles. The Balaban J connectivity index is 2.35. The van der Waals surface area contributed by atoms with Crippen molar-refractivity contribution in [3.05, 3.63) is 29.6 Å². The van der Waals surface area contributed by atoms with Gasteiger partial charge < -0.3 is 5.11 Å². The summed E-state index contributed by atoms with van der Waals surface area (Å²) in [6.07, 6.45) is 1.69. The second-order valence-corrected chi connectivity index (χ2v) is 6.81. The monoisotopic (exact) mass is 301 g/mol.